The van der Waals surface area contributed by atoms with Crippen LogP contribution in [-0.4, -0.2) is 79.0 Å². The zero-order chi connectivity index (χ0) is 63.5. The maximum absolute atomic E-state index is 14.4. The number of para-hydroxylation sites is 4. The van der Waals surface area contributed by atoms with E-state index in [1.165, 1.54) is 12.1 Å². The molecule has 0 unspecified atom stereocenters. The smallest absolute Gasteiger partial charge is 0.149 e. The van der Waals surface area contributed by atoms with Gasteiger partial charge in [-0.2, -0.15) is 20.4 Å². The predicted molar refractivity (Wildman–Crippen MR) is 359 cm³/mol. The van der Waals surface area contributed by atoms with E-state index in [1.54, 1.807) is 68.0 Å². The van der Waals surface area contributed by atoms with Crippen molar-refractivity contribution in [1.29, 1.82) is 0 Å². The summed E-state index contributed by atoms with van der Waals surface area (Å²) in [6.45, 7) is 8.13. The van der Waals surface area contributed by atoms with Gasteiger partial charge in [-0.3, -0.25) is 38.7 Å². The van der Waals surface area contributed by atoms with Crippen molar-refractivity contribution in [3.63, 3.8) is 0 Å². The van der Waals surface area contributed by atoms with Gasteiger partial charge in [0.1, 0.15) is 53.1 Å². The number of benzene rings is 8. The molecular formula is C75H60F2N16. The molecule has 8 aromatic heterocycles. The minimum absolute atomic E-state index is 0.266. The second-order valence-corrected chi connectivity index (χ2v) is 22.1. The summed E-state index contributed by atoms with van der Waals surface area (Å²) in [5.74, 6) is 0.226. The second-order valence-electron chi connectivity index (χ2n) is 22.1. The van der Waals surface area contributed by atoms with Crippen LogP contribution >= 0.6 is 0 Å². The zero-order valence-corrected chi connectivity index (χ0v) is 51.1. The van der Waals surface area contributed by atoms with E-state index >= 15 is 0 Å². The SMILES string of the molecule is Cc1ccc(F)c(-c2nn(Cc3cnccn3)c3c(C)cccc23)c1.Cc1ccc(F)c(-c2nn(Cc3cnccn3)c3ccccc23)c1.c1ccc(-c2nn(Cc3cncnc3)c3ccccc23)cc1.c1ccc(-c2nn(Cc3ncccn3)c3ccccc23)cc1. The van der Waals surface area contributed by atoms with Crippen molar-refractivity contribution in [2.24, 2.45) is 0 Å². The lowest BCUT2D eigenvalue weighted by Gasteiger charge is -2.04. The van der Waals surface area contributed by atoms with Crippen LogP contribution in [0.25, 0.3) is 88.6 Å². The number of nitrogens with zero attached hydrogens (tertiary/aromatic N) is 16. The van der Waals surface area contributed by atoms with Crippen LogP contribution in [-0.2, 0) is 26.2 Å². The lowest BCUT2D eigenvalue weighted by Crippen LogP contribution is -2.05. The zero-order valence-electron chi connectivity index (χ0n) is 51.1. The van der Waals surface area contributed by atoms with Crippen molar-refractivity contribution in [1.82, 2.24) is 79.0 Å². The number of hydrogen-bond donors (Lipinski definition) is 0. The maximum atomic E-state index is 14.4. The van der Waals surface area contributed by atoms with Gasteiger partial charge < -0.3 is 0 Å². The molecule has 0 atom stereocenters. The molecule has 0 aliphatic heterocycles. The minimum Gasteiger partial charge on any atom is -0.261 e. The first-order valence-corrected chi connectivity index (χ1v) is 30.2. The van der Waals surface area contributed by atoms with E-state index in [-0.39, 0.29) is 11.6 Å². The molecule has 0 aliphatic rings. The first-order valence-electron chi connectivity index (χ1n) is 30.2. The average Bonchev–Trinajstić information content (AvgIpc) is 1.73. The highest BCUT2D eigenvalue weighted by Gasteiger charge is 2.20. The summed E-state index contributed by atoms with van der Waals surface area (Å²) in [6.07, 6.45) is 18.7. The fourth-order valence-corrected chi connectivity index (χ4v) is 11.2. The van der Waals surface area contributed by atoms with Crippen LogP contribution in [0.2, 0.25) is 0 Å². The van der Waals surface area contributed by atoms with Gasteiger partial charge in [0.15, 0.2) is 0 Å². The molecule has 0 N–H and O–H groups in total. The number of aryl methyl sites for hydroxylation is 3. The lowest BCUT2D eigenvalue weighted by molar-refractivity contribution is 0.628. The molecule has 454 valence electrons. The van der Waals surface area contributed by atoms with Crippen LogP contribution in [0.15, 0.2) is 262 Å². The Kier molecular flexibility index (Phi) is 17.8. The summed E-state index contributed by atoms with van der Waals surface area (Å²) in [7, 11) is 0. The number of aromatic nitrogens is 16. The molecule has 8 heterocycles. The summed E-state index contributed by atoms with van der Waals surface area (Å²) in [5, 5.41) is 23.2. The molecule has 0 aliphatic carbocycles. The van der Waals surface area contributed by atoms with Gasteiger partial charge in [-0.05, 0) is 74.9 Å². The third kappa shape index (κ3) is 13.6. The Balaban J connectivity index is 0.000000113. The van der Waals surface area contributed by atoms with E-state index in [0.29, 0.717) is 48.7 Å². The van der Waals surface area contributed by atoms with Crippen molar-refractivity contribution in [2.75, 3.05) is 0 Å². The van der Waals surface area contributed by atoms with Crippen molar-refractivity contribution in [3.05, 3.63) is 314 Å². The number of rotatable bonds is 12. The molecular weight excluding hydrogens is 1160 g/mol. The van der Waals surface area contributed by atoms with Crippen molar-refractivity contribution < 1.29 is 8.78 Å². The highest BCUT2D eigenvalue weighted by atomic mass is 19.1. The minimum atomic E-state index is -0.268. The van der Waals surface area contributed by atoms with Crippen LogP contribution in [0.4, 0.5) is 8.78 Å². The van der Waals surface area contributed by atoms with E-state index in [1.807, 2.05) is 173 Å². The van der Waals surface area contributed by atoms with E-state index in [2.05, 4.69) is 93.5 Å². The molecule has 18 heteroatoms. The van der Waals surface area contributed by atoms with Crippen LogP contribution in [0.1, 0.15) is 39.5 Å². The van der Waals surface area contributed by atoms with E-state index in [4.69, 9.17) is 15.3 Å². The topological polar surface area (TPSA) is 174 Å². The Hall–Kier alpha value is -12.2. The molecule has 0 saturated carbocycles. The van der Waals surface area contributed by atoms with Crippen LogP contribution < -0.4 is 0 Å². The Morgan fingerprint density at radius 2 is 0.785 bits per heavy atom. The Morgan fingerprint density at radius 1 is 0.344 bits per heavy atom. The molecule has 16 nitrogen and oxygen atoms in total. The van der Waals surface area contributed by atoms with Crippen LogP contribution in [0.5, 0.6) is 0 Å². The molecule has 0 spiro atoms. The first kappa shape index (κ1) is 59.8. The quantitative estimate of drug-likeness (QED) is 0.113. The van der Waals surface area contributed by atoms with Gasteiger partial charge in [0.05, 0.1) is 65.5 Å². The van der Waals surface area contributed by atoms with Crippen molar-refractivity contribution in [2.45, 2.75) is 47.0 Å². The van der Waals surface area contributed by atoms with Gasteiger partial charge in [-0.1, -0.05) is 157 Å². The number of hydrogen-bond acceptors (Lipinski definition) is 12. The third-order valence-corrected chi connectivity index (χ3v) is 15.5. The molecule has 0 amide bonds. The van der Waals surface area contributed by atoms with E-state index in [9.17, 15) is 8.78 Å². The summed E-state index contributed by atoms with van der Waals surface area (Å²) >= 11 is 0. The largest absolute Gasteiger partial charge is 0.261 e. The van der Waals surface area contributed by atoms with Gasteiger partial charge in [0.2, 0.25) is 0 Å². The Labute approximate surface area is 534 Å². The van der Waals surface area contributed by atoms with Crippen molar-refractivity contribution in [3.8, 4) is 45.0 Å². The van der Waals surface area contributed by atoms with Gasteiger partial charge in [-0.15, -0.1) is 0 Å². The molecule has 93 heavy (non-hydrogen) atoms. The molecule has 8 aromatic carbocycles. The van der Waals surface area contributed by atoms with Crippen LogP contribution in [0.3, 0.4) is 0 Å². The number of halogens is 2. The van der Waals surface area contributed by atoms with Gasteiger partial charge in [0.25, 0.3) is 0 Å². The summed E-state index contributed by atoms with van der Waals surface area (Å²) in [4.78, 5) is 33.6. The maximum Gasteiger partial charge on any atom is 0.149 e. The highest BCUT2D eigenvalue weighted by molar-refractivity contribution is 5.97. The highest BCUT2D eigenvalue weighted by Crippen LogP contribution is 2.35. The normalized spacial score (nSPS) is 11.0. The summed E-state index contributed by atoms with van der Waals surface area (Å²) in [6, 6.07) is 62.9. The van der Waals surface area contributed by atoms with E-state index in [0.717, 1.165) is 106 Å². The van der Waals surface area contributed by atoms with Gasteiger partial charge in [-0.25, -0.2) is 28.7 Å². The summed E-state index contributed by atoms with van der Waals surface area (Å²) in [5.41, 5.74) is 16.5. The predicted octanol–water partition coefficient (Wildman–Crippen LogP) is 15.4. The van der Waals surface area contributed by atoms with E-state index < -0.39 is 0 Å². The molecule has 0 radical (unpaired) electrons. The molecule has 0 fully saturated rings. The fraction of sp³-hybridized carbons (Fsp3) is 0.0933. The molecule has 16 aromatic rings. The lowest BCUT2D eigenvalue weighted by atomic mass is 10.0. The molecule has 0 saturated heterocycles. The number of fused-ring (bicyclic) bond motifs is 4. The van der Waals surface area contributed by atoms with Crippen LogP contribution in [0, 0.1) is 32.4 Å². The third-order valence-electron chi connectivity index (χ3n) is 15.5. The molecule has 0 bridgehead atoms. The van der Waals surface area contributed by atoms with Crippen molar-refractivity contribution >= 4 is 43.6 Å². The first-order chi connectivity index (χ1) is 45.7. The van der Waals surface area contributed by atoms with Gasteiger partial charge >= 0.3 is 0 Å². The standard InChI is InChI=1S/C20H17FN4.C19H15FN4.2C18H14N4/c1-13-6-7-18(21)17(10-13)19-16-5-3-4-14(2)20(16)25(24-19)12-15-11-22-8-9-23-15;1-13-6-7-17(20)16(10-13)19-15-4-2-3-5-18(15)24(23-19)12-14-11-21-8-9-22-14;1-2-7-14(8-3-1)18-15-9-4-5-10-16(15)22(21-18)13-17-19-11-6-12-20-17;1-2-6-15(7-3-1)18-16-8-4-5-9-17(16)22(21-18)12-14-10-19-13-20-11-14/h3-11H,12H2,1-2H3;2-11H,12H2,1H3;1-12H,13H2;1-11,13H,12H2. The fourth-order valence-electron chi connectivity index (χ4n) is 11.2. The Morgan fingerprint density at radius 3 is 1.31 bits per heavy atom. The summed E-state index contributed by atoms with van der Waals surface area (Å²) < 4.78 is 36.5. The second kappa shape index (κ2) is 27.7. The Bertz CT molecular complexity index is 5000. The van der Waals surface area contributed by atoms with Gasteiger partial charge in [0, 0.05) is 98.9 Å². The molecule has 16 rings (SSSR count). The average molecular weight is 1220 g/mol. The monoisotopic (exact) mass is 1220 g/mol.